The molecule has 0 saturated carbocycles. The fraction of sp³-hybridized carbons (Fsp3) is 0.692. The van der Waals surface area contributed by atoms with Gasteiger partial charge in [0.25, 0.3) is 0 Å². The fourth-order valence-corrected chi connectivity index (χ4v) is 2.47. The molecule has 0 aromatic rings. The van der Waals surface area contributed by atoms with Crippen LogP contribution in [0, 0.1) is 5.92 Å². The van der Waals surface area contributed by atoms with Gasteiger partial charge in [0.05, 0.1) is 12.9 Å². The summed E-state index contributed by atoms with van der Waals surface area (Å²) in [5.74, 6) is 0.665. The third-order valence-electron chi connectivity index (χ3n) is 3.47. The van der Waals surface area contributed by atoms with Gasteiger partial charge < -0.3 is 9.84 Å². The topological polar surface area (TPSA) is 29.5 Å². The Morgan fingerprint density at radius 1 is 1.60 bits per heavy atom. The van der Waals surface area contributed by atoms with Crippen molar-refractivity contribution in [1.82, 2.24) is 0 Å². The van der Waals surface area contributed by atoms with Gasteiger partial charge in [0, 0.05) is 12.0 Å². The second-order valence-electron chi connectivity index (χ2n) is 4.63. The predicted octanol–water partition coefficient (Wildman–Crippen LogP) is 2.79. The minimum absolute atomic E-state index is 0.665. The summed E-state index contributed by atoms with van der Waals surface area (Å²) in [7, 11) is 0. The maximum Gasteiger partial charge on any atom is 0.107 e. The summed E-state index contributed by atoms with van der Waals surface area (Å²) in [5, 5.41) is 10.4. The zero-order valence-electron chi connectivity index (χ0n) is 9.41. The average Bonchev–Trinajstić information content (AvgIpc) is 2.76. The number of hydrogen-bond acceptors (Lipinski definition) is 2. The van der Waals surface area contributed by atoms with Crippen LogP contribution in [-0.2, 0) is 4.74 Å². The number of hydrogen-bond donors (Lipinski definition) is 1. The molecule has 2 aliphatic rings. The van der Waals surface area contributed by atoms with Gasteiger partial charge in [0.1, 0.15) is 5.60 Å². The molecule has 0 spiro atoms. The monoisotopic (exact) mass is 208 g/mol. The molecule has 0 bridgehead atoms. The van der Waals surface area contributed by atoms with Gasteiger partial charge in [-0.15, -0.1) is 0 Å². The maximum atomic E-state index is 10.4. The second-order valence-corrected chi connectivity index (χ2v) is 4.63. The predicted molar refractivity (Wildman–Crippen MR) is 60.4 cm³/mol. The Kier molecular flexibility index (Phi) is 3.15. The Balaban J connectivity index is 2.03. The lowest BCUT2D eigenvalue weighted by Gasteiger charge is -2.31. The lowest BCUT2D eigenvalue weighted by atomic mass is 9.79. The van der Waals surface area contributed by atoms with Gasteiger partial charge in [-0.25, -0.2) is 0 Å². The van der Waals surface area contributed by atoms with Crippen LogP contribution in [0.15, 0.2) is 24.0 Å². The first kappa shape index (κ1) is 10.7. The molecule has 0 fully saturated rings. The van der Waals surface area contributed by atoms with E-state index in [9.17, 15) is 5.11 Å². The molecular weight excluding hydrogens is 188 g/mol. The van der Waals surface area contributed by atoms with Crippen molar-refractivity contribution in [2.45, 2.75) is 44.6 Å². The molecule has 0 amide bonds. The van der Waals surface area contributed by atoms with E-state index in [4.69, 9.17) is 4.74 Å². The first-order valence-electron chi connectivity index (χ1n) is 5.97. The zero-order chi connectivity index (χ0) is 10.7. The highest BCUT2D eigenvalue weighted by Gasteiger charge is 2.33. The minimum Gasteiger partial charge on any atom is -0.501 e. The van der Waals surface area contributed by atoms with Gasteiger partial charge in [-0.3, -0.25) is 0 Å². The van der Waals surface area contributed by atoms with Crippen molar-refractivity contribution in [2.75, 3.05) is 6.61 Å². The largest absolute Gasteiger partial charge is 0.501 e. The van der Waals surface area contributed by atoms with Crippen molar-refractivity contribution in [3.05, 3.63) is 24.0 Å². The number of allylic oxidation sites excluding steroid dienone is 1. The van der Waals surface area contributed by atoms with Crippen LogP contribution in [0.1, 0.15) is 39.0 Å². The molecule has 2 atom stereocenters. The molecule has 1 heterocycles. The van der Waals surface area contributed by atoms with Gasteiger partial charge in [0.15, 0.2) is 0 Å². The molecule has 15 heavy (non-hydrogen) atoms. The fourth-order valence-electron chi connectivity index (χ4n) is 2.47. The van der Waals surface area contributed by atoms with Crippen LogP contribution in [0.25, 0.3) is 0 Å². The highest BCUT2D eigenvalue weighted by atomic mass is 16.5. The maximum absolute atomic E-state index is 10.4. The molecule has 0 aromatic heterocycles. The quantitative estimate of drug-likeness (QED) is 0.723. The molecule has 0 radical (unpaired) electrons. The molecule has 0 aromatic carbocycles. The first-order chi connectivity index (χ1) is 7.24. The summed E-state index contributed by atoms with van der Waals surface area (Å²) in [5.41, 5.74) is 0.342. The standard InChI is InChI=1S/C13H20O2/c1-2-3-11-4-7-13(14,8-5-11)12-6-9-15-10-12/h4,7,10-11,14H,2-3,5-6,8-9H2,1H3. The van der Waals surface area contributed by atoms with E-state index in [1.165, 1.54) is 12.8 Å². The summed E-state index contributed by atoms with van der Waals surface area (Å²) in [6.45, 7) is 2.94. The zero-order valence-corrected chi connectivity index (χ0v) is 9.41. The van der Waals surface area contributed by atoms with Crippen LogP contribution in [0.3, 0.4) is 0 Å². The molecule has 1 N–H and O–H groups in total. The van der Waals surface area contributed by atoms with Gasteiger partial charge in [0.2, 0.25) is 0 Å². The average molecular weight is 208 g/mol. The highest BCUT2D eigenvalue weighted by molar-refractivity contribution is 5.27. The Morgan fingerprint density at radius 2 is 2.47 bits per heavy atom. The Morgan fingerprint density at radius 3 is 3.00 bits per heavy atom. The Labute approximate surface area is 91.6 Å². The van der Waals surface area contributed by atoms with Crippen LogP contribution in [0.4, 0.5) is 0 Å². The smallest absolute Gasteiger partial charge is 0.107 e. The van der Waals surface area contributed by atoms with Crippen LogP contribution in [0.5, 0.6) is 0 Å². The lowest BCUT2D eigenvalue weighted by Crippen LogP contribution is -2.31. The third kappa shape index (κ3) is 2.25. The van der Waals surface area contributed by atoms with E-state index in [1.54, 1.807) is 6.26 Å². The van der Waals surface area contributed by atoms with Gasteiger partial charge in [-0.1, -0.05) is 25.5 Å². The van der Waals surface area contributed by atoms with Crippen LogP contribution < -0.4 is 0 Å². The van der Waals surface area contributed by atoms with Crippen LogP contribution in [-0.4, -0.2) is 17.3 Å². The van der Waals surface area contributed by atoms with E-state index < -0.39 is 5.60 Å². The molecule has 2 heteroatoms. The molecule has 2 nitrogen and oxygen atoms in total. The third-order valence-corrected chi connectivity index (χ3v) is 3.47. The van der Waals surface area contributed by atoms with Crippen molar-refractivity contribution < 1.29 is 9.84 Å². The molecule has 1 aliphatic heterocycles. The van der Waals surface area contributed by atoms with E-state index in [0.29, 0.717) is 5.92 Å². The van der Waals surface area contributed by atoms with Crippen LogP contribution in [0.2, 0.25) is 0 Å². The van der Waals surface area contributed by atoms with Gasteiger partial charge in [-0.05, 0) is 25.2 Å². The van der Waals surface area contributed by atoms with E-state index in [-0.39, 0.29) is 0 Å². The Bertz CT molecular complexity index is 280. The normalized spacial score (nSPS) is 35.1. The molecule has 84 valence electrons. The number of aliphatic hydroxyl groups is 1. The SMILES string of the molecule is CCCC1C=CC(O)(C2=COCC2)CC1. The summed E-state index contributed by atoms with van der Waals surface area (Å²) in [6, 6.07) is 0. The van der Waals surface area contributed by atoms with E-state index in [0.717, 1.165) is 31.4 Å². The first-order valence-corrected chi connectivity index (χ1v) is 5.97. The van der Waals surface area contributed by atoms with Crippen molar-refractivity contribution >= 4 is 0 Å². The number of rotatable bonds is 3. The molecule has 1 aliphatic carbocycles. The Hall–Kier alpha value is -0.760. The van der Waals surface area contributed by atoms with Crippen LogP contribution >= 0.6 is 0 Å². The van der Waals surface area contributed by atoms with E-state index in [2.05, 4.69) is 13.0 Å². The summed E-state index contributed by atoms with van der Waals surface area (Å²) in [4.78, 5) is 0. The van der Waals surface area contributed by atoms with Crippen molar-refractivity contribution in [1.29, 1.82) is 0 Å². The van der Waals surface area contributed by atoms with Crippen molar-refractivity contribution in [3.63, 3.8) is 0 Å². The highest BCUT2D eigenvalue weighted by Crippen LogP contribution is 2.36. The molecular formula is C13H20O2. The molecule has 2 unspecified atom stereocenters. The molecule has 0 saturated heterocycles. The lowest BCUT2D eigenvalue weighted by molar-refractivity contribution is 0.102. The summed E-state index contributed by atoms with van der Waals surface area (Å²) in [6.07, 6.45) is 11.2. The van der Waals surface area contributed by atoms with Gasteiger partial charge in [-0.2, -0.15) is 0 Å². The summed E-state index contributed by atoms with van der Waals surface area (Å²) >= 11 is 0. The van der Waals surface area contributed by atoms with Crippen molar-refractivity contribution in [2.24, 2.45) is 5.92 Å². The summed E-state index contributed by atoms with van der Waals surface area (Å²) < 4.78 is 5.19. The second kappa shape index (κ2) is 4.40. The number of ether oxygens (including phenoxy) is 1. The van der Waals surface area contributed by atoms with Gasteiger partial charge >= 0.3 is 0 Å². The van der Waals surface area contributed by atoms with E-state index in [1.807, 2.05) is 6.08 Å². The van der Waals surface area contributed by atoms with E-state index >= 15 is 0 Å². The van der Waals surface area contributed by atoms with Crippen molar-refractivity contribution in [3.8, 4) is 0 Å². The minimum atomic E-state index is -0.708. The molecule has 2 rings (SSSR count).